The minimum atomic E-state index is -4.22. The van der Waals surface area contributed by atoms with E-state index in [2.05, 4.69) is 14.8 Å². The van der Waals surface area contributed by atoms with Gasteiger partial charge >= 0.3 is 18.3 Å². The monoisotopic (exact) mass is 399 g/mol. The number of carbonyl (C=O) groups is 2. The second kappa shape index (κ2) is 9.32. The maximum atomic E-state index is 12.8. The van der Waals surface area contributed by atoms with Gasteiger partial charge in [-0.05, 0) is 29.8 Å². The predicted molar refractivity (Wildman–Crippen MR) is 92.8 cm³/mol. The maximum absolute atomic E-state index is 12.8. The molecule has 0 saturated heterocycles. The van der Waals surface area contributed by atoms with Gasteiger partial charge < -0.3 is 14.8 Å². The number of nitrogens with one attached hydrogen (secondary N) is 1. The number of para-hydroxylation sites is 1. The topological polar surface area (TPSA) is 64.6 Å². The molecule has 9 heteroatoms. The van der Waals surface area contributed by atoms with E-state index < -0.39 is 30.8 Å². The zero-order chi connectivity index (χ0) is 20.7. The van der Waals surface area contributed by atoms with Crippen molar-refractivity contribution in [2.75, 3.05) is 19.0 Å². The lowest BCUT2D eigenvalue weighted by molar-refractivity contribution is -0.168. The van der Waals surface area contributed by atoms with Gasteiger partial charge in [-0.2, -0.15) is 8.78 Å². The highest BCUT2D eigenvalue weighted by Crippen LogP contribution is 2.23. The van der Waals surface area contributed by atoms with E-state index in [1.54, 1.807) is 12.1 Å². The second-order valence-electron chi connectivity index (χ2n) is 5.74. The number of hydrogen-bond acceptors (Lipinski definition) is 4. The molecule has 0 atom stereocenters. The lowest BCUT2D eigenvalue weighted by atomic mass is 10.1. The summed E-state index contributed by atoms with van der Waals surface area (Å²) in [4.78, 5) is 24.1. The molecule has 0 aliphatic carbocycles. The SMILES string of the molecule is COC(=O)c1ccccc1NC(=O)c1ccc(COCC(F)(F)C(F)F)cc1. The molecule has 2 rings (SSSR count). The van der Waals surface area contributed by atoms with Crippen LogP contribution >= 0.6 is 0 Å². The smallest absolute Gasteiger partial charge is 0.339 e. The number of halogens is 4. The Kier molecular flexibility index (Phi) is 7.11. The maximum Gasteiger partial charge on any atom is 0.339 e. The molecular weight excluding hydrogens is 382 g/mol. The molecule has 0 spiro atoms. The number of alkyl halides is 4. The van der Waals surface area contributed by atoms with Gasteiger partial charge in [0, 0.05) is 5.56 Å². The van der Waals surface area contributed by atoms with Crippen LogP contribution in [0.5, 0.6) is 0 Å². The fourth-order valence-corrected chi connectivity index (χ4v) is 2.19. The van der Waals surface area contributed by atoms with Gasteiger partial charge in [-0.1, -0.05) is 24.3 Å². The fourth-order valence-electron chi connectivity index (χ4n) is 2.19. The lowest BCUT2D eigenvalue weighted by Crippen LogP contribution is -2.32. The molecule has 28 heavy (non-hydrogen) atoms. The lowest BCUT2D eigenvalue weighted by Gasteiger charge is -2.15. The minimum Gasteiger partial charge on any atom is -0.465 e. The van der Waals surface area contributed by atoms with E-state index in [1.165, 1.54) is 43.5 Å². The van der Waals surface area contributed by atoms with Crippen LogP contribution in [0.1, 0.15) is 26.3 Å². The Labute approximate surface area is 158 Å². The van der Waals surface area contributed by atoms with Gasteiger partial charge in [0.1, 0.15) is 6.61 Å². The van der Waals surface area contributed by atoms with Crippen molar-refractivity contribution in [1.29, 1.82) is 0 Å². The summed E-state index contributed by atoms with van der Waals surface area (Å²) in [6.07, 6.45) is -3.80. The first-order chi connectivity index (χ1) is 13.2. The van der Waals surface area contributed by atoms with E-state index in [4.69, 9.17) is 0 Å². The summed E-state index contributed by atoms with van der Waals surface area (Å²) >= 11 is 0. The largest absolute Gasteiger partial charge is 0.465 e. The molecule has 1 N–H and O–H groups in total. The molecule has 1 amide bonds. The summed E-state index contributed by atoms with van der Waals surface area (Å²) in [7, 11) is 1.22. The Hall–Kier alpha value is -2.94. The van der Waals surface area contributed by atoms with Crippen LogP contribution in [-0.4, -0.2) is 37.9 Å². The first-order valence-corrected chi connectivity index (χ1v) is 8.06. The summed E-state index contributed by atoms with van der Waals surface area (Å²) in [5, 5.41) is 2.58. The van der Waals surface area contributed by atoms with Crippen LogP contribution in [0.3, 0.4) is 0 Å². The Morgan fingerprint density at radius 3 is 2.32 bits per heavy atom. The molecule has 0 saturated carbocycles. The average molecular weight is 399 g/mol. The van der Waals surface area contributed by atoms with Crippen LogP contribution in [0.15, 0.2) is 48.5 Å². The Bertz CT molecular complexity index is 825. The van der Waals surface area contributed by atoms with E-state index in [9.17, 15) is 27.2 Å². The molecule has 0 aliphatic rings. The van der Waals surface area contributed by atoms with Gasteiger partial charge in [-0.15, -0.1) is 0 Å². The number of carbonyl (C=O) groups excluding carboxylic acids is 2. The molecular formula is C19H17F4NO4. The first-order valence-electron chi connectivity index (χ1n) is 8.06. The second-order valence-corrected chi connectivity index (χ2v) is 5.74. The zero-order valence-electron chi connectivity index (χ0n) is 14.8. The highest BCUT2D eigenvalue weighted by molar-refractivity contribution is 6.07. The number of rotatable bonds is 8. The van der Waals surface area contributed by atoms with Crippen LogP contribution < -0.4 is 5.32 Å². The van der Waals surface area contributed by atoms with Crippen molar-refractivity contribution >= 4 is 17.6 Å². The molecule has 0 unspecified atom stereocenters. The molecule has 2 aromatic rings. The summed E-state index contributed by atoms with van der Waals surface area (Å²) in [5.74, 6) is -5.33. The first kappa shape index (κ1) is 21.4. The van der Waals surface area contributed by atoms with E-state index in [0.717, 1.165) is 0 Å². The molecule has 0 radical (unpaired) electrons. The summed E-state index contributed by atoms with van der Waals surface area (Å²) < 4.78 is 58.9. The summed E-state index contributed by atoms with van der Waals surface area (Å²) in [5.41, 5.74) is 1.11. The number of esters is 1. The van der Waals surface area contributed by atoms with Crippen LogP contribution in [0.4, 0.5) is 23.2 Å². The highest BCUT2D eigenvalue weighted by atomic mass is 19.3. The third-order valence-corrected chi connectivity index (χ3v) is 3.68. The Morgan fingerprint density at radius 2 is 1.71 bits per heavy atom. The third-order valence-electron chi connectivity index (χ3n) is 3.68. The van der Waals surface area contributed by atoms with Gasteiger partial charge in [0.25, 0.3) is 5.91 Å². The van der Waals surface area contributed by atoms with Gasteiger partial charge in [-0.25, -0.2) is 13.6 Å². The van der Waals surface area contributed by atoms with Crippen molar-refractivity contribution in [3.63, 3.8) is 0 Å². The van der Waals surface area contributed by atoms with Crippen molar-refractivity contribution in [1.82, 2.24) is 0 Å². The number of benzene rings is 2. The molecule has 0 aliphatic heterocycles. The van der Waals surface area contributed by atoms with Crippen molar-refractivity contribution in [2.45, 2.75) is 19.0 Å². The van der Waals surface area contributed by atoms with Crippen LogP contribution in [0.25, 0.3) is 0 Å². The van der Waals surface area contributed by atoms with Crippen LogP contribution in [-0.2, 0) is 16.1 Å². The third kappa shape index (κ3) is 5.53. The van der Waals surface area contributed by atoms with Crippen molar-refractivity contribution in [3.05, 3.63) is 65.2 Å². The molecule has 0 fully saturated rings. The van der Waals surface area contributed by atoms with E-state index in [0.29, 0.717) is 5.56 Å². The normalized spacial score (nSPS) is 11.4. The molecule has 150 valence electrons. The van der Waals surface area contributed by atoms with Crippen molar-refractivity contribution in [3.8, 4) is 0 Å². The number of methoxy groups -OCH3 is 1. The van der Waals surface area contributed by atoms with E-state index in [-0.39, 0.29) is 23.4 Å². The average Bonchev–Trinajstić information content (AvgIpc) is 2.68. The summed E-state index contributed by atoms with van der Waals surface area (Å²) in [6, 6.07) is 12.0. The quantitative estimate of drug-likeness (QED) is 0.535. The van der Waals surface area contributed by atoms with Crippen LogP contribution in [0, 0.1) is 0 Å². The van der Waals surface area contributed by atoms with Gasteiger partial charge in [0.05, 0.1) is 25.0 Å². The predicted octanol–water partition coefficient (Wildman–Crippen LogP) is 4.14. The minimum absolute atomic E-state index is 0.184. The Morgan fingerprint density at radius 1 is 1.07 bits per heavy atom. The Balaban J connectivity index is 1.98. The molecule has 0 aromatic heterocycles. The number of ether oxygens (including phenoxy) is 2. The van der Waals surface area contributed by atoms with Crippen molar-refractivity contribution in [2.24, 2.45) is 0 Å². The molecule has 5 nitrogen and oxygen atoms in total. The standard InChI is InChI=1S/C19H17F4NO4/c1-27-17(26)14-4-2-3-5-15(14)24-16(25)13-8-6-12(7-9-13)10-28-11-19(22,23)18(20)21/h2-9,18H,10-11H2,1H3,(H,24,25). The zero-order valence-corrected chi connectivity index (χ0v) is 14.8. The molecule has 0 bridgehead atoms. The van der Waals surface area contributed by atoms with Gasteiger partial charge in [-0.3, -0.25) is 4.79 Å². The van der Waals surface area contributed by atoms with E-state index in [1.807, 2.05) is 0 Å². The molecule has 2 aromatic carbocycles. The number of amides is 1. The van der Waals surface area contributed by atoms with E-state index >= 15 is 0 Å². The summed E-state index contributed by atoms with van der Waals surface area (Å²) in [6.45, 7) is -1.72. The number of anilines is 1. The van der Waals surface area contributed by atoms with Gasteiger partial charge in [0.2, 0.25) is 0 Å². The van der Waals surface area contributed by atoms with Gasteiger partial charge in [0.15, 0.2) is 0 Å². The highest BCUT2D eigenvalue weighted by Gasteiger charge is 2.40. The molecule has 0 heterocycles. The van der Waals surface area contributed by atoms with Crippen LogP contribution in [0.2, 0.25) is 0 Å². The van der Waals surface area contributed by atoms with Crippen molar-refractivity contribution < 1.29 is 36.6 Å². The fraction of sp³-hybridized carbons (Fsp3) is 0.263. The number of hydrogen-bond donors (Lipinski definition) is 1.